The predicted molar refractivity (Wildman–Crippen MR) is 45.9 cm³/mol. The molecular weight excluding hydrogens is 152 g/mol. The second-order valence-electron chi connectivity index (χ2n) is 2.34. The van der Waals surface area contributed by atoms with Crippen LogP contribution in [0.25, 0.3) is 0 Å². The molecule has 0 aliphatic heterocycles. The van der Waals surface area contributed by atoms with Crippen LogP contribution in [0.3, 0.4) is 0 Å². The molecule has 0 fully saturated rings. The normalized spacial score (nSPS) is 10.9. The molecule has 1 N–H and O–H groups in total. The summed E-state index contributed by atoms with van der Waals surface area (Å²) in [5.41, 5.74) is 0. The van der Waals surface area contributed by atoms with Gasteiger partial charge in [-0.1, -0.05) is 6.92 Å². The fourth-order valence-electron chi connectivity index (χ4n) is 0.716. The standard InChI is InChI=1S/C9H12N2O/c1-3-5-6-11-9(12)8(4-2)7-10/h1,8H,4-6H2,2H3,(H,11,12). The maximum absolute atomic E-state index is 11.1. The highest BCUT2D eigenvalue weighted by molar-refractivity contribution is 5.80. The van der Waals surface area contributed by atoms with Crippen molar-refractivity contribution in [1.29, 1.82) is 5.26 Å². The number of carbonyl (C=O) groups is 1. The van der Waals surface area contributed by atoms with Crippen LogP contribution in [0.15, 0.2) is 0 Å². The minimum atomic E-state index is -0.539. The zero-order chi connectivity index (χ0) is 9.40. The summed E-state index contributed by atoms with van der Waals surface area (Å²) in [5, 5.41) is 11.1. The van der Waals surface area contributed by atoms with Crippen molar-refractivity contribution in [1.82, 2.24) is 5.32 Å². The van der Waals surface area contributed by atoms with Gasteiger partial charge in [-0.2, -0.15) is 5.26 Å². The lowest BCUT2D eigenvalue weighted by atomic mass is 10.1. The van der Waals surface area contributed by atoms with Gasteiger partial charge in [0.15, 0.2) is 0 Å². The van der Waals surface area contributed by atoms with Gasteiger partial charge in [0.05, 0.1) is 6.07 Å². The van der Waals surface area contributed by atoms with Crippen LogP contribution in [0.2, 0.25) is 0 Å². The molecular formula is C9H12N2O. The van der Waals surface area contributed by atoms with Gasteiger partial charge in [-0.25, -0.2) is 0 Å². The largest absolute Gasteiger partial charge is 0.354 e. The fraction of sp³-hybridized carbons (Fsp3) is 0.556. The Hall–Kier alpha value is -1.48. The topological polar surface area (TPSA) is 52.9 Å². The molecule has 1 unspecified atom stereocenters. The summed E-state index contributed by atoms with van der Waals surface area (Å²) in [6.45, 7) is 2.25. The van der Waals surface area contributed by atoms with Crippen molar-refractivity contribution in [2.45, 2.75) is 19.8 Å². The molecule has 0 saturated heterocycles. The molecule has 0 aromatic carbocycles. The fourth-order valence-corrected chi connectivity index (χ4v) is 0.716. The molecule has 3 heteroatoms. The molecule has 0 heterocycles. The van der Waals surface area contributed by atoms with Crippen molar-refractivity contribution in [2.75, 3.05) is 6.54 Å². The average molecular weight is 164 g/mol. The number of nitrogens with zero attached hydrogens (tertiary/aromatic N) is 1. The lowest BCUT2D eigenvalue weighted by molar-refractivity contribution is -0.123. The Balaban J connectivity index is 3.73. The molecule has 0 aromatic heterocycles. The molecule has 12 heavy (non-hydrogen) atoms. The van der Waals surface area contributed by atoms with Crippen molar-refractivity contribution in [2.24, 2.45) is 5.92 Å². The molecule has 0 bridgehead atoms. The third kappa shape index (κ3) is 3.63. The monoisotopic (exact) mass is 164 g/mol. The number of terminal acetylenes is 1. The first-order valence-corrected chi connectivity index (χ1v) is 3.87. The van der Waals surface area contributed by atoms with E-state index in [2.05, 4.69) is 11.2 Å². The number of amides is 1. The van der Waals surface area contributed by atoms with E-state index in [1.54, 1.807) is 6.92 Å². The maximum Gasteiger partial charge on any atom is 0.237 e. The highest BCUT2D eigenvalue weighted by Crippen LogP contribution is 1.99. The van der Waals surface area contributed by atoms with Crippen LogP contribution in [-0.4, -0.2) is 12.5 Å². The molecule has 0 rings (SSSR count). The lowest BCUT2D eigenvalue weighted by Crippen LogP contribution is -2.30. The van der Waals surface area contributed by atoms with Gasteiger partial charge in [0, 0.05) is 13.0 Å². The summed E-state index contributed by atoms with van der Waals surface area (Å²) >= 11 is 0. The summed E-state index contributed by atoms with van der Waals surface area (Å²) in [7, 11) is 0. The van der Waals surface area contributed by atoms with Crippen molar-refractivity contribution in [3.8, 4) is 18.4 Å². The third-order valence-electron chi connectivity index (χ3n) is 1.45. The Bertz CT molecular complexity index is 222. The summed E-state index contributed by atoms with van der Waals surface area (Å²) < 4.78 is 0. The first-order chi connectivity index (χ1) is 5.76. The zero-order valence-electron chi connectivity index (χ0n) is 7.13. The highest BCUT2D eigenvalue weighted by atomic mass is 16.1. The molecule has 1 amide bonds. The van der Waals surface area contributed by atoms with E-state index >= 15 is 0 Å². The molecule has 0 aliphatic carbocycles. The van der Waals surface area contributed by atoms with Gasteiger partial charge < -0.3 is 5.32 Å². The Kier molecular flexibility index (Phi) is 5.47. The molecule has 64 valence electrons. The van der Waals surface area contributed by atoms with E-state index in [9.17, 15) is 4.79 Å². The van der Waals surface area contributed by atoms with Crippen LogP contribution in [0.5, 0.6) is 0 Å². The van der Waals surface area contributed by atoms with E-state index in [1.807, 2.05) is 6.07 Å². The number of carbonyl (C=O) groups excluding carboxylic acids is 1. The van der Waals surface area contributed by atoms with Crippen molar-refractivity contribution in [3.05, 3.63) is 0 Å². The van der Waals surface area contributed by atoms with Gasteiger partial charge in [-0.15, -0.1) is 12.3 Å². The SMILES string of the molecule is C#CCCNC(=O)C(C#N)CC. The first kappa shape index (κ1) is 10.5. The van der Waals surface area contributed by atoms with Gasteiger partial charge in [-0.3, -0.25) is 4.79 Å². The zero-order valence-corrected chi connectivity index (χ0v) is 7.13. The van der Waals surface area contributed by atoms with Crippen molar-refractivity contribution in [3.63, 3.8) is 0 Å². The third-order valence-corrected chi connectivity index (χ3v) is 1.45. The number of hydrogen-bond donors (Lipinski definition) is 1. The minimum Gasteiger partial charge on any atom is -0.354 e. The Morgan fingerprint density at radius 3 is 2.83 bits per heavy atom. The number of nitrogens with one attached hydrogen (secondary N) is 1. The van der Waals surface area contributed by atoms with Gasteiger partial charge in [0.1, 0.15) is 5.92 Å². The van der Waals surface area contributed by atoms with E-state index in [0.29, 0.717) is 19.4 Å². The van der Waals surface area contributed by atoms with Gasteiger partial charge in [0.25, 0.3) is 0 Å². The molecule has 3 nitrogen and oxygen atoms in total. The Morgan fingerprint density at radius 2 is 2.42 bits per heavy atom. The Morgan fingerprint density at radius 1 is 1.75 bits per heavy atom. The van der Waals surface area contributed by atoms with Crippen molar-refractivity contribution < 1.29 is 4.79 Å². The van der Waals surface area contributed by atoms with E-state index in [-0.39, 0.29) is 5.91 Å². The first-order valence-electron chi connectivity index (χ1n) is 3.87. The molecule has 0 spiro atoms. The van der Waals surface area contributed by atoms with E-state index < -0.39 is 5.92 Å². The van der Waals surface area contributed by atoms with E-state index in [1.165, 1.54) is 0 Å². The molecule has 0 radical (unpaired) electrons. The van der Waals surface area contributed by atoms with E-state index in [4.69, 9.17) is 11.7 Å². The summed E-state index contributed by atoms with van der Waals surface area (Å²) in [6, 6.07) is 1.91. The van der Waals surface area contributed by atoms with Crippen LogP contribution >= 0.6 is 0 Å². The van der Waals surface area contributed by atoms with Crippen molar-refractivity contribution >= 4 is 5.91 Å². The minimum absolute atomic E-state index is 0.227. The van der Waals surface area contributed by atoms with Gasteiger partial charge >= 0.3 is 0 Å². The predicted octanol–water partition coefficient (Wildman–Crippen LogP) is 0.676. The summed E-state index contributed by atoms with van der Waals surface area (Å²) in [4.78, 5) is 11.1. The molecule has 0 aliphatic rings. The van der Waals surface area contributed by atoms with Crippen LogP contribution < -0.4 is 5.32 Å². The van der Waals surface area contributed by atoms with E-state index in [0.717, 1.165) is 0 Å². The Labute approximate surface area is 72.8 Å². The van der Waals surface area contributed by atoms with Crippen LogP contribution in [0.1, 0.15) is 19.8 Å². The van der Waals surface area contributed by atoms with Crippen LogP contribution in [0, 0.1) is 29.6 Å². The lowest BCUT2D eigenvalue weighted by Gasteiger charge is -2.05. The molecule has 0 saturated carbocycles. The van der Waals surface area contributed by atoms with Gasteiger partial charge in [-0.05, 0) is 6.42 Å². The second-order valence-corrected chi connectivity index (χ2v) is 2.34. The quantitative estimate of drug-likeness (QED) is 0.490. The van der Waals surface area contributed by atoms with Crippen LogP contribution in [-0.2, 0) is 4.79 Å². The smallest absolute Gasteiger partial charge is 0.237 e. The second kappa shape index (κ2) is 6.24. The summed E-state index contributed by atoms with van der Waals surface area (Å²) in [5.74, 6) is 1.63. The summed E-state index contributed by atoms with van der Waals surface area (Å²) in [6.07, 6.45) is 6.04. The molecule has 1 atom stereocenters. The molecule has 0 aromatic rings. The number of rotatable bonds is 4. The highest BCUT2D eigenvalue weighted by Gasteiger charge is 2.13. The van der Waals surface area contributed by atoms with Crippen LogP contribution in [0.4, 0.5) is 0 Å². The maximum atomic E-state index is 11.1. The average Bonchev–Trinajstić information content (AvgIpc) is 2.07. The number of hydrogen-bond acceptors (Lipinski definition) is 2. The van der Waals surface area contributed by atoms with Gasteiger partial charge in [0.2, 0.25) is 5.91 Å². The number of nitriles is 1.